The van der Waals surface area contributed by atoms with Crippen LogP contribution in [0.2, 0.25) is 0 Å². The van der Waals surface area contributed by atoms with Crippen molar-refractivity contribution in [3.8, 4) is 11.5 Å². The number of aromatic nitrogens is 2. The van der Waals surface area contributed by atoms with E-state index in [9.17, 15) is 9.59 Å². The zero-order valence-electron chi connectivity index (χ0n) is 20.4. The van der Waals surface area contributed by atoms with Gasteiger partial charge in [0.2, 0.25) is 0 Å². The number of benzene rings is 3. The molecule has 0 aliphatic carbocycles. The number of anilines is 1. The summed E-state index contributed by atoms with van der Waals surface area (Å²) in [5.74, 6) is 1.45. The molecule has 1 aliphatic rings. The van der Waals surface area contributed by atoms with Gasteiger partial charge >= 0.3 is 0 Å². The number of methoxy groups -OCH3 is 2. The molecule has 1 aliphatic heterocycles. The first kappa shape index (κ1) is 23.4. The summed E-state index contributed by atoms with van der Waals surface area (Å²) < 4.78 is 12.4. The summed E-state index contributed by atoms with van der Waals surface area (Å²) in [6.07, 6.45) is 0. The highest BCUT2D eigenvalue weighted by molar-refractivity contribution is 5.95. The molecule has 0 bridgehead atoms. The highest BCUT2D eigenvalue weighted by atomic mass is 16.5. The topological polar surface area (TPSA) is 76.9 Å². The third kappa shape index (κ3) is 4.62. The Morgan fingerprint density at radius 1 is 0.861 bits per heavy atom. The van der Waals surface area contributed by atoms with E-state index < -0.39 is 0 Å². The van der Waals surface area contributed by atoms with Gasteiger partial charge in [0.25, 0.3) is 11.5 Å². The van der Waals surface area contributed by atoms with Gasteiger partial charge in [0.05, 0.1) is 31.8 Å². The summed E-state index contributed by atoms with van der Waals surface area (Å²) in [4.78, 5) is 35.3. The predicted octanol–water partition coefficient (Wildman–Crippen LogP) is 3.42. The summed E-state index contributed by atoms with van der Waals surface area (Å²) in [5, 5.41) is 0. The highest BCUT2D eigenvalue weighted by Crippen LogP contribution is 2.24. The summed E-state index contributed by atoms with van der Waals surface area (Å²) >= 11 is 0. The highest BCUT2D eigenvalue weighted by Gasteiger charge is 2.26. The molecule has 8 nitrogen and oxygen atoms in total. The van der Waals surface area contributed by atoms with Crippen molar-refractivity contribution in [2.75, 3.05) is 45.3 Å². The van der Waals surface area contributed by atoms with E-state index in [1.807, 2.05) is 59.5 Å². The van der Waals surface area contributed by atoms with E-state index in [0.29, 0.717) is 55.6 Å². The molecule has 5 rings (SSSR count). The van der Waals surface area contributed by atoms with Crippen molar-refractivity contribution in [2.24, 2.45) is 0 Å². The molecular weight excluding hydrogens is 456 g/mol. The number of hydrogen-bond acceptors (Lipinski definition) is 6. The minimum Gasteiger partial charge on any atom is -0.497 e. The van der Waals surface area contributed by atoms with Crippen LogP contribution in [0.5, 0.6) is 11.5 Å². The lowest BCUT2D eigenvalue weighted by molar-refractivity contribution is 0.0745. The largest absolute Gasteiger partial charge is 0.497 e. The summed E-state index contributed by atoms with van der Waals surface area (Å²) in [6.45, 7) is 2.44. The molecule has 36 heavy (non-hydrogen) atoms. The number of rotatable bonds is 6. The lowest BCUT2D eigenvalue weighted by atomic mass is 10.1. The summed E-state index contributed by atoms with van der Waals surface area (Å²) in [5.41, 5.74) is 3.00. The Morgan fingerprint density at radius 3 is 2.17 bits per heavy atom. The van der Waals surface area contributed by atoms with Crippen molar-refractivity contribution < 1.29 is 14.3 Å². The molecule has 1 saturated heterocycles. The zero-order valence-corrected chi connectivity index (χ0v) is 20.4. The maximum Gasteiger partial charge on any atom is 0.294 e. The molecule has 0 spiro atoms. The van der Waals surface area contributed by atoms with E-state index in [4.69, 9.17) is 14.5 Å². The fraction of sp³-hybridized carbons (Fsp3) is 0.250. The second-order valence-corrected chi connectivity index (χ2v) is 8.68. The minimum absolute atomic E-state index is 0.0974. The predicted molar refractivity (Wildman–Crippen MR) is 139 cm³/mol. The Morgan fingerprint density at radius 2 is 1.50 bits per heavy atom. The number of nitrogens with zero attached hydrogens (tertiary/aromatic N) is 4. The fourth-order valence-electron chi connectivity index (χ4n) is 4.54. The summed E-state index contributed by atoms with van der Waals surface area (Å²) in [6, 6.07) is 22.8. The van der Waals surface area contributed by atoms with E-state index in [1.165, 1.54) is 0 Å². The van der Waals surface area contributed by atoms with Crippen molar-refractivity contribution in [3.05, 3.63) is 94.3 Å². The van der Waals surface area contributed by atoms with Crippen molar-refractivity contribution in [1.29, 1.82) is 0 Å². The van der Waals surface area contributed by atoms with Gasteiger partial charge in [0.1, 0.15) is 11.5 Å². The lowest BCUT2D eigenvalue weighted by Gasteiger charge is -2.35. The minimum atomic E-state index is -0.130. The lowest BCUT2D eigenvalue weighted by Crippen LogP contribution is -2.50. The molecule has 8 heteroatoms. The van der Waals surface area contributed by atoms with Crippen LogP contribution in [-0.2, 0) is 6.54 Å². The first-order valence-corrected chi connectivity index (χ1v) is 11.9. The molecule has 184 valence electrons. The van der Waals surface area contributed by atoms with Gasteiger partial charge in [-0.25, -0.2) is 4.98 Å². The second kappa shape index (κ2) is 10.1. The molecule has 0 radical (unpaired) electrons. The molecule has 4 aromatic rings. The Bertz CT molecular complexity index is 1420. The van der Waals surface area contributed by atoms with Gasteiger partial charge in [-0.15, -0.1) is 0 Å². The van der Waals surface area contributed by atoms with Crippen LogP contribution in [0.1, 0.15) is 15.9 Å². The maximum atomic E-state index is 13.6. The monoisotopic (exact) mass is 484 g/mol. The SMILES string of the molecule is COc1cc(OC)cc(C(=O)N2CCN(c3nc4ccccc4n(Cc4ccccc4)c3=O)CC2)c1. The van der Waals surface area contributed by atoms with Gasteiger partial charge in [0.15, 0.2) is 5.82 Å². The van der Waals surface area contributed by atoms with Crippen LogP contribution in [0.3, 0.4) is 0 Å². The fourth-order valence-corrected chi connectivity index (χ4v) is 4.54. The van der Waals surface area contributed by atoms with Gasteiger partial charge in [-0.2, -0.15) is 0 Å². The normalized spacial score (nSPS) is 13.6. The van der Waals surface area contributed by atoms with Crippen LogP contribution in [0.15, 0.2) is 77.6 Å². The Balaban J connectivity index is 1.40. The third-order valence-corrected chi connectivity index (χ3v) is 6.48. The van der Waals surface area contributed by atoms with E-state index in [1.54, 1.807) is 41.9 Å². The molecule has 0 atom stereocenters. The molecular formula is C28H28N4O4. The van der Waals surface area contributed by atoms with Crippen LogP contribution >= 0.6 is 0 Å². The molecule has 3 aromatic carbocycles. The number of para-hydroxylation sites is 2. The Hall–Kier alpha value is -4.33. The van der Waals surface area contributed by atoms with Crippen molar-refractivity contribution in [1.82, 2.24) is 14.5 Å². The first-order chi connectivity index (χ1) is 17.6. The van der Waals surface area contributed by atoms with Gasteiger partial charge < -0.3 is 19.3 Å². The van der Waals surface area contributed by atoms with Crippen LogP contribution in [0.25, 0.3) is 11.0 Å². The molecule has 1 aromatic heterocycles. The van der Waals surface area contributed by atoms with E-state index in [-0.39, 0.29) is 11.5 Å². The van der Waals surface area contributed by atoms with Crippen molar-refractivity contribution >= 4 is 22.8 Å². The number of piperazine rings is 1. The molecule has 0 saturated carbocycles. The van der Waals surface area contributed by atoms with Crippen LogP contribution in [0, 0.1) is 0 Å². The van der Waals surface area contributed by atoms with Gasteiger partial charge in [-0.3, -0.25) is 14.2 Å². The quantitative estimate of drug-likeness (QED) is 0.417. The van der Waals surface area contributed by atoms with E-state index in [2.05, 4.69) is 0 Å². The number of hydrogen-bond donors (Lipinski definition) is 0. The zero-order chi connectivity index (χ0) is 25.1. The van der Waals surface area contributed by atoms with Crippen LogP contribution in [-0.4, -0.2) is 60.8 Å². The first-order valence-electron chi connectivity index (χ1n) is 11.9. The number of ether oxygens (including phenoxy) is 2. The van der Waals surface area contributed by atoms with E-state index >= 15 is 0 Å². The standard InChI is InChI=1S/C28H28N4O4/c1-35-22-16-21(17-23(18-22)36-2)27(33)31-14-12-30(13-15-31)26-28(34)32(19-20-8-4-3-5-9-20)25-11-7-6-10-24(25)29-26/h3-11,16-18H,12-15,19H2,1-2H3. The molecule has 1 amide bonds. The average molecular weight is 485 g/mol. The number of amides is 1. The van der Waals surface area contributed by atoms with Crippen LogP contribution in [0.4, 0.5) is 5.82 Å². The molecule has 1 fully saturated rings. The number of carbonyl (C=O) groups is 1. The number of fused-ring (bicyclic) bond motifs is 1. The van der Waals surface area contributed by atoms with Crippen molar-refractivity contribution in [3.63, 3.8) is 0 Å². The summed E-state index contributed by atoms with van der Waals surface area (Å²) in [7, 11) is 3.12. The Kier molecular flexibility index (Phi) is 6.58. The van der Waals surface area contributed by atoms with Gasteiger partial charge in [-0.1, -0.05) is 42.5 Å². The smallest absolute Gasteiger partial charge is 0.294 e. The third-order valence-electron chi connectivity index (χ3n) is 6.48. The average Bonchev–Trinajstić information content (AvgIpc) is 2.94. The van der Waals surface area contributed by atoms with Gasteiger partial charge in [0, 0.05) is 37.8 Å². The molecule has 0 N–H and O–H groups in total. The Labute approximate surface area is 209 Å². The van der Waals surface area contributed by atoms with Crippen molar-refractivity contribution in [2.45, 2.75) is 6.54 Å². The molecule has 0 unspecified atom stereocenters. The van der Waals surface area contributed by atoms with Gasteiger partial charge in [-0.05, 0) is 29.8 Å². The second-order valence-electron chi connectivity index (χ2n) is 8.68. The number of carbonyl (C=O) groups excluding carboxylic acids is 1. The maximum absolute atomic E-state index is 13.6. The molecule has 2 heterocycles. The van der Waals surface area contributed by atoms with E-state index in [0.717, 1.165) is 16.6 Å². The van der Waals surface area contributed by atoms with Crippen LogP contribution < -0.4 is 19.9 Å².